The third kappa shape index (κ3) is 2.16. The lowest BCUT2D eigenvalue weighted by Gasteiger charge is -2.08. The SMILES string of the molecule is CN(C)c1nc(CC2(S(=O)(=O)Cl)CC2)ns1. The van der Waals surface area contributed by atoms with Gasteiger partial charge in [0.1, 0.15) is 5.82 Å². The lowest BCUT2D eigenvalue weighted by molar-refractivity contribution is 0.588. The third-order valence-electron chi connectivity index (χ3n) is 2.65. The van der Waals surface area contributed by atoms with Crippen molar-refractivity contribution in [3.05, 3.63) is 5.82 Å². The van der Waals surface area contributed by atoms with Crippen LogP contribution in [0.1, 0.15) is 18.7 Å². The van der Waals surface area contributed by atoms with E-state index in [0.29, 0.717) is 25.1 Å². The first-order valence-corrected chi connectivity index (χ1v) is 7.86. The van der Waals surface area contributed by atoms with Gasteiger partial charge in [0.15, 0.2) is 0 Å². The molecule has 0 N–H and O–H groups in total. The van der Waals surface area contributed by atoms with Crippen LogP contribution in [-0.2, 0) is 15.5 Å². The molecule has 90 valence electrons. The van der Waals surface area contributed by atoms with Crippen molar-refractivity contribution < 1.29 is 8.42 Å². The largest absolute Gasteiger partial charge is 0.353 e. The van der Waals surface area contributed by atoms with E-state index in [-0.39, 0.29) is 0 Å². The van der Waals surface area contributed by atoms with Gasteiger partial charge >= 0.3 is 0 Å². The van der Waals surface area contributed by atoms with Gasteiger partial charge in [0.05, 0.1) is 4.75 Å². The molecule has 1 aliphatic rings. The van der Waals surface area contributed by atoms with Crippen molar-refractivity contribution in [1.29, 1.82) is 0 Å². The van der Waals surface area contributed by atoms with E-state index in [0.717, 1.165) is 5.13 Å². The van der Waals surface area contributed by atoms with Gasteiger partial charge in [-0.25, -0.2) is 13.4 Å². The van der Waals surface area contributed by atoms with Crippen molar-refractivity contribution in [2.24, 2.45) is 0 Å². The Morgan fingerprint density at radius 3 is 2.50 bits per heavy atom. The molecule has 1 aromatic rings. The Labute approximate surface area is 103 Å². The first kappa shape index (κ1) is 12.1. The summed E-state index contributed by atoms with van der Waals surface area (Å²) in [6.45, 7) is 0. The standard InChI is InChI=1S/C8H12ClN3O2S2/c1-12(2)7-10-6(11-15-7)5-8(3-4-8)16(9,13)14/h3-5H2,1-2H3. The molecule has 1 fully saturated rings. The van der Waals surface area contributed by atoms with Crippen molar-refractivity contribution in [3.8, 4) is 0 Å². The Morgan fingerprint density at radius 1 is 1.50 bits per heavy atom. The zero-order valence-electron chi connectivity index (χ0n) is 8.97. The highest BCUT2D eigenvalue weighted by Gasteiger charge is 2.54. The van der Waals surface area contributed by atoms with Crippen LogP contribution in [0.3, 0.4) is 0 Å². The fourth-order valence-electron chi connectivity index (χ4n) is 1.43. The van der Waals surface area contributed by atoms with Crippen LogP contribution in [0.15, 0.2) is 0 Å². The molecule has 0 unspecified atom stereocenters. The number of hydrogen-bond donors (Lipinski definition) is 0. The summed E-state index contributed by atoms with van der Waals surface area (Å²) in [5, 5.41) is 0.776. The van der Waals surface area contributed by atoms with Crippen LogP contribution < -0.4 is 4.90 Å². The Bertz CT molecular complexity index is 493. The Balaban J connectivity index is 2.16. The normalized spacial score (nSPS) is 18.4. The second-order valence-corrected chi connectivity index (χ2v) is 7.88. The number of hydrogen-bond acceptors (Lipinski definition) is 6. The number of halogens is 1. The minimum atomic E-state index is -3.52. The van der Waals surface area contributed by atoms with Crippen LogP contribution in [-0.4, -0.2) is 36.6 Å². The monoisotopic (exact) mass is 281 g/mol. The highest BCUT2D eigenvalue weighted by molar-refractivity contribution is 8.15. The molecule has 0 aromatic carbocycles. The molecule has 2 rings (SSSR count). The summed E-state index contributed by atoms with van der Waals surface area (Å²) in [5.41, 5.74) is 0. The Kier molecular flexibility index (Phi) is 2.88. The Morgan fingerprint density at radius 2 is 2.12 bits per heavy atom. The predicted molar refractivity (Wildman–Crippen MR) is 64.7 cm³/mol. The van der Waals surface area contributed by atoms with Crippen LogP contribution in [0.4, 0.5) is 5.13 Å². The summed E-state index contributed by atoms with van der Waals surface area (Å²) >= 11 is 1.26. The van der Waals surface area contributed by atoms with E-state index < -0.39 is 13.8 Å². The van der Waals surface area contributed by atoms with E-state index in [1.807, 2.05) is 19.0 Å². The zero-order chi connectivity index (χ0) is 12.0. The molecular weight excluding hydrogens is 270 g/mol. The van der Waals surface area contributed by atoms with E-state index in [4.69, 9.17) is 10.7 Å². The van der Waals surface area contributed by atoms with Crippen molar-refractivity contribution in [1.82, 2.24) is 9.36 Å². The van der Waals surface area contributed by atoms with Gasteiger partial charge in [-0.2, -0.15) is 4.37 Å². The van der Waals surface area contributed by atoms with E-state index in [1.165, 1.54) is 11.5 Å². The predicted octanol–water partition coefficient (Wildman–Crippen LogP) is 1.25. The van der Waals surface area contributed by atoms with Crippen molar-refractivity contribution in [3.63, 3.8) is 0 Å². The summed E-state index contributed by atoms with van der Waals surface area (Å²) in [6.07, 6.45) is 1.54. The van der Waals surface area contributed by atoms with Gasteiger partial charge in [-0.05, 0) is 12.8 Å². The first-order valence-electron chi connectivity index (χ1n) is 4.78. The fourth-order valence-corrected chi connectivity index (χ4v) is 3.55. The molecule has 0 radical (unpaired) electrons. The summed E-state index contributed by atoms with van der Waals surface area (Å²) in [7, 11) is 5.64. The van der Waals surface area contributed by atoms with Gasteiger partial charge in [-0.3, -0.25) is 0 Å². The van der Waals surface area contributed by atoms with Crippen molar-refractivity contribution >= 4 is 36.4 Å². The molecule has 8 heteroatoms. The lowest BCUT2D eigenvalue weighted by atomic mass is 10.3. The fraction of sp³-hybridized carbons (Fsp3) is 0.750. The second-order valence-electron chi connectivity index (χ2n) is 4.19. The lowest BCUT2D eigenvalue weighted by Crippen LogP contribution is -2.21. The van der Waals surface area contributed by atoms with Gasteiger partial charge < -0.3 is 4.90 Å². The average Bonchev–Trinajstić information content (AvgIpc) is 2.76. The number of rotatable bonds is 4. The maximum atomic E-state index is 11.4. The quantitative estimate of drug-likeness (QED) is 0.777. The zero-order valence-corrected chi connectivity index (χ0v) is 11.4. The van der Waals surface area contributed by atoms with Gasteiger partial charge in [0.2, 0.25) is 14.2 Å². The van der Waals surface area contributed by atoms with Crippen LogP contribution in [0.5, 0.6) is 0 Å². The van der Waals surface area contributed by atoms with Crippen molar-refractivity contribution in [2.75, 3.05) is 19.0 Å². The molecule has 1 aliphatic carbocycles. The van der Waals surface area contributed by atoms with E-state index in [1.54, 1.807) is 0 Å². The molecule has 1 aromatic heterocycles. The molecule has 0 bridgehead atoms. The molecule has 16 heavy (non-hydrogen) atoms. The molecule has 1 heterocycles. The topological polar surface area (TPSA) is 63.2 Å². The summed E-state index contributed by atoms with van der Waals surface area (Å²) in [5.74, 6) is 0.565. The molecule has 5 nitrogen and oxygen atoms in total. The summed E-state index contributed by atoms with van der Waals surface area (Å²) in [6, 6.07) is 0. The van der Waals surface area contributed by atoms with Crippen LogP contribution in [0.2, 0.25) is 0 Å². The molecule has 0 spiro atoms. The number of nitrogens with zero attached hydrogens (tertiary/aromatic N) is 3. The van der Waals surface area contributed by atoms with Crippen molar-refractivity contribution in [2.45, 2.75) is 24.0 Å². The minimum Gasteiger partial charge on any atom is -0.353 e. The minimum absolute atomic E-state index is 0.323. The third-order valence-corrected chi connectivity index (χ3v) is 6.14. The van der Waals surface area contributed by atoms with Gasteiger partial charge in [-0.1, -0.05) is 0 Å². The van der Waals surface area contributed by atoms with Gasteiger partial charge in [-0.15, -0.1) is 0 Å². The molecule has 1 saturated carbocycles. The maximum absolute atomic E-state index is 11.4. The van der Waals surface area contributed by atoms with Gasteiger partial charge in [0.25, 0.3) is 0 Å². The molecule has 0 amide bonds. The molecule has 0 saturated heterocycles. The van der Waals surface area contributed by atoms with E-state index in [9.17, 15) is 8.42 Å². The van der Waals surface area contributed by atoms with Crippen LogP contribution >= 0.6 is 22.2 Å². The molecule has 0 aliphatic heterocycles. The summed E-state index contributed by atoms with van der Waals surface area (Å²) < 4.78 is 26.1. The number of anilines is 1. The molecular formula is C8H12ClN3O2S2. The second kappa shape index (κ2) is 3.82. The summed E-state index contributed by atoms with van der Waals surface area (Å²) in [4.78, 5) is 6.10. The van der Waals surface area contributed by atoms with Gasteiger partial charge in [0, 0.05) is 42.7 Å². The maximum Gasteiger partial charge on any atom is 0.238 e. The Hall–Kier alpha value is -0.400. The van der Waals surface area contributed by atoms with E-state index in [2.05, 4.69) is 9.36 Å². The number of aromatic nitrogens is 2. The highest BCUT2D eigenvalue weighted by Crippen LogP contribution is 2.47. The highest BCUT2D eigenvalue weighted by atomic mass is 35.7. The van der Waals surface area contributed by atoms with Crippen LogP contribution in [0, 0.1) is 0 Å². The average molecular weight is 282 g/mol. The first-order chi connectivity index (χ1) is 7.34. The molecule has 0 atom stereocenters. The van der Waals surface area contributed by atoms with E-state index >= 15 is 0 Å². The van der Waals surface area contributed by atoms with Crippen LogP contribution in [0.25, 0.3) is 0 Å². The smallest absolute Gasteiger partial charge is 0.238 e.